The van der Waals surface area contributed by atoms with Crippen molar-refractivity contribution < 1.29 is 19.5 Å². The van der Waals surface area contributed by atoms with Gasteiger partial charge in [-0.15, -0.1) is 0 Å². The number of allylic oxidation sites excluding steroid dienone is 1. The molecule has 8 nitrogen and oxygen atoms in total. The van der Waals surface area contributed by atoms with E-state index in [1.54, 1.807) is 13.1 Å². The van der Waals surface area contributed by atoms with Crippen LogP contribution in [0.4, 0.5) is 5.69 Å². The average Bonchev–Trinajstić information content (AvgIpc) is 3.37. The molecule has 30 heavy (non-hydrogen) atoms. The summed E-state index contributed by atoms with van der Waals surface area (Å²) in [5.74, 6) is -1.06. The molecule has 2 aromatic rings. The van der Waals surface area contributed by atoms with Gasteiger partial charge in [-0.3, -0.25) is 14.3 Å². The third-order valence-electron chi connectivity index (χ3n) is 4.60. The minimum Gasteiger partial charge on any atom is -0.478 e. The molecule has 2 saturated heterocycles. The van der Waals surface area contributed by atoms with Gasteiger partial charge in [-0.05, 0) is 30.3 Å². The van der Waals surface area contributed by atoms with Crippen LogP contribution in [0, 0.1) is 0 Å². The Balaban J connectivity index is 0.000000239. The Morgan fingerprint density at radius 2 is 2.17 bits per heavy atom. The molecule has 0 spiro atoms. The van der Waals surface area contributed by atoms with Gasteiger partial charge in [0.25, 0.3) is 0 Å². The predicted octanol–water partition coefficient (Wildman–Crippen LogP) is 2.57. The first kappa shape index (κ1) is 22.1. The molecule has 1 atom stereocenters. The highest BCUT2D eigenvalue weighted by Crippen LogP contribution is 2.37. The number of hydrogen-bond donors (Lipinski definition) is 2. The summed E-state index contributed by atoms with van der Waals surface area (Å²) in [6.07, 6.45) is 5.43. The number of carbonyl (C=O) groups excluding carboxylic acids is 2. The molecular formula is C20H21ClN4O4S. The second-order valence-electron chi connectivity index (χ2n) is 6.96. The fourth-order valence-electron chi connectivity index (χ4n) is 3.19. The number of Topliss-reactive ketones (excluding diaryl/α,β-unsaturated/α-hetero) is 1. The van der Waals surface area contributed by atoms with Crippen LogP contribution in [0.25, 0.3) is 6.08 Å². The number of hydrogen-bond acceptors (Lipinski definition) is 7. The van der Waals surface area contributed by atoms with Gasteiger partial charge in [-0.25, -0.2) is 4.79 Å². The highest BCUT2D eigenvalue weighted by atomic mass is 35.5. The Hall–Kier alpha value is -2.62. The van der Waals surface area contributed by atoms with Crippen molar-refractivity contribution >= 4 is 52.0 Å². The first-order valence-corrected chi connectivity index (χ1v) is 10.4. The molecule has 2 aliphatic heterocycles. The van der Waals surface area contributed by atoms with Crippen molar-refractivity contribution in [3.05, 3.63) is 51.6 Å². The molecule has 3 N–H and O–H groups in total. The van der Waals surface area contributed by atoms with Crippen molar-refractivity contribution in [2.75, 3.05) is 18.0 Å². The Morgan fingerprint density at radius 3 is 2.67 bits per heavy atom. The van der Waals surface area contributed by atoms with Crippen molar-refractivity contribution in [3.8, 4) is 0 Å². The van der Waals surface area contributed by atoms with Crippen LogP contribution in [0.3, 0.4) is 0 Å². The standard InChI is InChI=1S/C15H15ClN2O2S.C5H6N2O2/c16-11-3-1-2-9(6-13-12(19)7-14(20)21-13)15(11)18-5-4-10(17)8-18;1-7-3-4(2-6-7)5(8)9/h1-3,6,10H,4-5,7-8,17H2;2-3H,1H3,(H,8,9)/b13-6-;/t10-;/m0./s1. The fourth-order valence-corrected chi connectivity index (χ4v) is 4.31. The molecule has 158 valence electrons. The first-order chi connectivity index (χ1) is 14.2. The van der Waals surface area contributed by atoms with E-state index in [0.717, 1.165) is 42.5 Å². The number of nitrogens with zero attached hydrogens (tertiary/aromatic N) is 3. The number of benzene rings is 1. The molecule has 2 fully saturated rings. The predicted molar refractivity (Wildman–Crippen MR) is 117 cm³/mol. The zero-order chi connectivity index (χ0) is 21.8. The summed E-state index contributed by atoms with van der Waals surface area (Å²) in [6.45, 7) is 1.60. The first-order valence-electron chi connectivity index (χ1n) is 9.21. The number of aromatic carboxylic acids is 1. The number of aromatic nitrogens is 2. The molecule has 3 heterocycles. The number of anilines is 1. The molecule has 1 aromatic carbocycles. The maximum absolute atomic E-state index is 11.8. The van der Waals surface area contributed by atoms with Crippen LogP contribution >= 0.6 is 23.4 Å². The third-order valence-corrected chi connectivity index (χ3v) is 5.84. The number of carboxylic acids is 1. The van der Waals surface area contributed by atoms with E-state index in [1.165, 1.54) is 17.1 Å². The molecule has 4 rings (SSSR count). The second kappa shape index (κ2) is 9.46. The lowest BCUT2D eigenvalue weighted by molar-refractivity contribution is -0.119. The van der Waals surface area contributed by atoms with Crippen LogP contribution < -0.4 is 10.6 Å². The summed E-state index contributed by atoms with van der Waals surface area (Å²) < 4.78 is 1.45. The molecule has 0 saturated carbocycles. The molecule has 2 aliphatic rings. The topological polar surface area (TPSA) is 119 Å². The number of carbonyl (C=O) groups is 3. The van der Waals surface area contributed by atoms with E-state index >= 15 is 0 Å². The third kappa shape index (κ3) is 5.29. The Bertz CT molecular complexity index is 1020. The van der Waals surface area contributed by atoms with Gasteiger partial charge >= 0.3 is 5.97 Å². The number of halogens is 1. The lowest BCUT2D eigenvalue weighted by atomic mass is 10.1. The Kier molecular flexibility index (Phi) is 6.96. The summed E-state index contributed by atoms with van der Waals surface area (Å²) in [7, 11) is 1.67. The van der Waals surface area contributed by atoms with E-state index in [2.05, 4.69) is 10.00 Å². The smallest absolute Gasteiger partial charge is 0.338 e. The fraction of sp³-hybridized carbons (Fsp3) is 0.300. The summed E-state index contributed by atoms with van der Waals surface area (Å²) in [6, 6.07) is 5.73. The van der Waals surface area contributed by atoms with Gasteiger partial charge in [-0.2, -0.15) is 5.10 Å². The Labute approximate surface area is 182 Å². The molecule has 0 radical (unpaired) electrons. The lowest BCUT2D eigenvalue weighted by Gasteiger charge is -2.22. The van der Waals surface area contributed by atoms with E-state index in [4.69, 9.17) is 22.4 Å². The minimum absolute atomic E-state index is 0.0129. The van der Waals surface area contributed by atoms with Gasteiger partial charge in [-0.1, -0.05) is 23.7 Å². The van der Waals surface area contributed by atoms with Crippen LogP contribution in [0.2, 0.25) is 5.02 Å². The number of aryl methyl sites for hydroxylation is 1. The Morgan fingerprint density at radius 1 is 1.40 bits per heavy atom. The number of carboxylic acid groups (broad SMARTS) is 1. The van der Waals surface area contributed by atoms with Gasteiger partial charge in [0.2, 0.25) is 5.12 Å². The normalized spacial score (nSPS) is 19.9. The van der Waals surface area contributed by atoms with E-state index in [-0.39, 0.29) is 28.9 Å². The van der Waals surface area contributed by atoms with Crippen LogP contribution in [0.5, 0.6) is 0 Å². The summed E-state index contributed by atoms with van der Waals surface area (Å²) >= 11 is 7.35. The van der Waals surface area contributed by atoms with Crippen molar-refractivity contribution in [1.29, 1.82) is 0 Å². The zero-order valence-electron chi connectivity index (χ0n) is 16.2. The maximum Gasteiger partial charge on any atom is 0.338 e. The number of nitrogens with two attached hydrogens (primary N) is 1. The largest absolute Gasteiger partial charge is 0.478 e. The minimum atomic E-state index is -0.942. The van der Waals surface area contributed by atoms with Crippen molar-refractivity contribution in [2.24, 2.45) is 12.8 Å². The van der Waals surface area contributed by atoms with Gasteiger partial charge < -0.3 is 15.7 Å². The summed E-state index contributed by atoms with van der Waals surface area (Å²) in [4.78, 5) is 35.9. The van der Waals surface area contributed by atoms with Gasteiger partial charge in [0.15, 0.2) is 5.78 Å². The number of para-hydroxylation sites is 1. The SMILES string of the molecule is Cn1cc(C(=O)O)cn1.N[C@H]1CCN(c2c(Cl)cccc2/C=C2\SC(=O)CC2=O)C1. The number of rotatable bonds is 3. The number of ketones is 1. The van der Waals surface area contributed by atoms with E-state index in [0.29, 0.717) is 9.93 Å². The molecule has 10 heteroatoms. The van der Waals surface area contributed by atoms with Gasteiger partial charge in [0.1, 0.15) is 0 Å². The van der Waals surface area contributed by atoms with Gasteiger partial charge in [0.05, 0.1) is 33.8 Å². The van der Waals surface area contributed by atoms with Crippen LogP contribution in [-0.4, -0.2) is 50.9 Å². The number of thioether (sulfide) groups is 1. The highest BCUT2D eigenvalue weighted by molar-refractivity contribution is 8.18. The molecule has 0 aliphatic carbocycles. The van der Waals surface area contributed by atoms with E-state index in [9.17, 15) is 14.4 Å². The van der Waals surface area contributed by atoms with Crippen molar-refractivity contribution in [2.45, 2.75) is 18.9 Å². The van der Waals surface area contributed by atoms with E-state index in [1.807, 2.05) is 18.2 Å². The molecule has 0 unspecified atom stereocenters. The molecule has 0 bridgehead atoms. The highest BCUT2D eigenvalue weighted by Gasteiger charge is 2.27. The average molecular weight is 449 g/mol. The summed E-state index contributed by atoms with van der Waals surface area (Å²) in [5, 5.41) is 12.6. The second-order valence-corrected chi connectivity index (χ2v) is 8.47. The van der Waals surface area contributed by atoms with Crippen molar-refractivity contribution in [1.82, 2.24) is 9.78 Å². The maximum atomic E-state index is 11.8. The zero-order valence-corrected chi connectivity index (χ0v) is 17.8. The quantitative estimate of drug-likeness (QED) is 0.543. The van der Waals surface area contributed by atoms with Gasteiger partial charge in [0, 0.05) is 37.9 Å². The summed E-state index contributed by atoms with van der Waals surface area (Å²) in [5.41, 5.74) is 7.94. The lowest BCUT2D eigenvalue weighted by Crippen LogP contribution is -2.26. The van der Waals surface area contributed by atoms with E-state index < -0.39 is 5.97 Å². The van der Waals surface area contributed by atoms with Crippen LogP contribution in [0.15, 0.2) is 35.5 Å². The van der Waals surface area contributed by atoms with Crippen LogP contribution in [0.1, 0.15) is 28.8 Å². The monoisotopic (exact) mass is 448 g/mol. The molecule has 1 aromatic heterocycles. The van der Waals surface area contributed by atoms with Crippen LogP contribution in [-0.2, 0) is 16.6 Å². The molecular weight excluding hydrogens is 428 g/mol. The molecule has 0 amide bonds. The van der Waals surface area contributed by atoms with Crippen molar-refractivity contribution in [3.63, 3.8) is 0 Å².